The van der Waals surface area contributed by atoms with Crippen molar-refractivity contribution in [3.63, 3.8) is 0 Å². The Labute approximate surface area is 34.2 Å². The first-order valence-corrected chi connectivity index (χ1v) is 2.04. The lowest BCUT2D eigenvalue weighted by Crippen LogP contribution is -1.93. The van der Waals surface area contributed by atoms with E-state index in [1.54, 1.807) is 14.2 Å². The lowest BCUT2D eigenvalue weighted by atomic mass is 11.8. The second kappa shape index (κ2) is 4.14. The topological polar surface area (TPSA) is 18.5 Å². The maximum absolute atomic E-state index is 4.50. The zero-order chi connectivity index (χ0) is 4.12. The zero-order valence-corrected chi connectivity index (χ0v) is 4.32. The minimum absolute atomic E-state index is 0.198. The summed E-state index contributed by atoms with van der Waals surface area (Å²) in [5, 5.41) is 0. The quantitative estimate of drug-likeness (QED) is 0.438. The van der Waals surface area contributed by atoms with Crippen LogP contribution in [0.25, 0.3) is 0 Å². The van der Waals surface area contributed by atoms with Crippen molar-refractivity contribution in [2.45, 2.75) is 0 Å². The molecule has 0 aliphatic rings. The molecule has 2 radical (unpaired) electrons. The van der Waals surface area contributed by atoms with E-state index < -0.39 is 0 Å². The molecule has 0 N–H and O–H groups in total. The molecule has 0 unspecified atom stereocenters. The maximum Gasteiger partial charge on any atom is 0.432 e. The van der Waals surface area contributed by atoms with E-state index in [-0.39, 0.29) is 10.0 Å². The average Bonchev–Trinajstić information content (AvgIpc) is 1.41. The van der Waals surface area contributed by atoms with Crippen molar-refractivity contribution in [3.05, 3.63) is 0 Å². The van der Waals surface area contributed by atoms with E-state index in [9.17, 15) is 0 Å². The SMILES string of the molecule is CO[Si]OC. The monoisotopic (exact) mass is 90.0 g/mol. The second-order valence-electron chi connectivity index (χ2n) is 0.492. The first-order valence-electron chi connectivity index (χ1n) is 1.22. The molecule has 2 nitrogen and oxygen atoms in total. The number of hydrogen-bond acceptors (Lipinski definition) is 2. The molecular formula is C2H6O2Si. The van der Waals surface area contributed by atoms with E-state index >= 15 is 0 Å². The molecule has 0 saturated carbocycles. The molecule has 0 fully saturated rings. The molecule has 0 aliphatic heterocycles. The van der Waals surface area contributed by atoms with Crippen LogP contribution in [0.2, 0.25) is 0 Å². The van der Waals surface area contributed by atoms with Crippen LogP contribution in [0.4, 0.5) is 0 Å². The van der Waals surface area contributed by atoms with E-state index in [4.69, 9.17) is 0 Å². The first kappa shape index (κ1) is 5.14. The highest BCUT2D eigenvalue weighted by Crippen LogP contribution is 1.55. The van der Waals surface area contributed by atoms with Gasteiger partial charge in [-0.2, -0.15) is 0 Å². The van der Waals surface area contributed by atoms with Gasteiger partial charge >= 0.3 is 10.0 Å². The van der Waals surface area contributed by atoms with Gasteiger partial charge in [0.25, 0.3) is 0 Å². The average molecular weight is 90.2 g/mol. The summed E-state index contributed by atoms with van der Waals surface area (Å²) in [7, 11) is 3.40. The van der Waals surface area contributed by atoms with Gasteiger partial charge in [0, 0.05) is 14.2 Å². The lowest BCUT2D eigenvalue weighted by molar-refractivity contribution is 0.309. The highest BCUT2D eigenvalue weighted by Gasteiger charge is 1.73. The molecule has 0 rings (SSSR count). The predicted molar refractivity (Wildman–Crippen MR) is 19.8 cm³/mol. The summed E-state index contributed by atoms with van der Waals surface area (Å²) in [6, 6.07) is 0. The number of rotatable bonds is 2. The van der Waals surface area contributed by atoms with Gasteiger partial charge in [0.2, 0.25) is 0 Å². The summed E-state index contributed by atoms with van der Waals surface area (Å²) in [5.74, 6) is 0. The van der Waals surface area contributed by atoms with Crippen molar-refractivity contribution in [1.82, 2.24) is 0 Å². The Kier molecular flexibility index (Phi) is 4.25. The Hall–Kier alpha value is 0.137. The van der Waals surface area contributed by atoms with Gasteiger partial charge in [-0.15, -0.1) is 0 Å². The molecule has 0 aliphatic carbocycles. The highest BCUT2D eigenvalue weighted by atomic mass is 28.3. The van der Waals surface area contributed by atoms with Gasteiger partial charge in [0.15, 0.2) is 0 Å². The van der Waals surface area contributed by atoms with Gasteiger partial charge in [-0.05, 0) is 0 Å². The van der Waals surface area contributed by atoms with Gasteiger partial charge in [-0.1, -0.05) is 0 Å². The Morgan fingerprint density at radius 1 is 1.20 bits per heavy atom. The van der Waals surface area contributed by atoms with Crippen molar-refractivity contribution < 1.29 is 8.85 Å². The van der Waals surface area contributed by atoms with Crippen LogP contribution in [0.5, 0.6) is 0 Å². The fourth-order valence-corrected chi connectivity index (χ4v) is 0.250. The Morgan fingerprint density at radius 3 is 1.60 bits per heavy atom. The summed E-state index contributed by atoms with van der Waals surface area (Å²) in [4.78, 5) is 0. The van der Waals surface area contributed by atoms with E-state index in [1.165, 1.54) is 0 Å². The Balaban J connectivity index is 2.19. The summed E-state index contributed by atoms with van der Waals surface area (Å²) in [5.41, 5.74) is 0. The van der Waals surface area contributed by atoms with Crippen LogP contribution < -0.4 is 0 Å². The molecule has 0 heterocycles. The molecular weight excluding hydrogens is 84.1 g/mol. The minimum Gasteiger partial charge on any atom is -0.396 e. The van der Waals surface area contributed by atoms with Gasteiger partial charge < -0.3 is 8.85 Å². The molecule has 3 heteroatoms. The molecule has 0 saturated heterocycles. The minimum atomic E-state index is 0.198. The smallest absolute Gasteiger partial charge is 0.396 e. The molecule has 0 aromatic carbocycles. The van der Waals surface area contributed by atoms with Crippen LogP contribution in [-0.4, -0.2) is 24.2 Å². The second-order valence-corrected chi connectivity index (χ2v) is 1.47. The molecule has 0 atom stereocenters. The van der Waals surface area contributed by atoms with Gasteiger partial charge in [-0.25, -0.2) is 0 Å². The van der Waals surface area contributed by atoms with E-state index in [0.717, 1.165) is 0 Å². The van der Waals surface area contributed by atoms with Crippen molar-refractivity contribution in [1.29, 1.82) is 0 Å². The summed E-state index contributed by atoms with van der Waals surface area (Å²) < 4.78 is 8.99. The first-order chi connectivity index (χ1) is 2.41. The maximum atomic E-state index is 4.50. The predicted octanol–water partition coefficient (Wildman–Crippen LogP) is -0.187. The molecule has 0 bridgehead atoms. The van der Waals surface area contributed by atoms with E-state index in [0.29, 0.717) is 0 Å². The fraction of sp³-hybridized carbons (Fsp3) is 1.00. The van der Waals surface area contributed by atoms with Crippen molar-refractivity contribution in [2.75, 3.05) is 14.2 Å². The highest BCUT2D eigenvalue weighted by molar-refractivity contribution is 6.17. The Morgan fingerprint density at radius 2 is 1.60 bits per heavy atom. The normalized spacial score (nSPS) is 8.40. The van der Waals surface area contributed by atoms with Crippen LogP contribution in [0.1, 0.15) is 0 Å². The zero-order valence-electron chi connectivity index (χ0n) is 3.32. The fourth-order valence-electron chi connectivity index (χ4n) is 0.0833. The molecule has 0 spiro atoms. The largest absolute Gasteiger partial charge is 0.432 e. The molecule has 0 aromatic heterocycles. The van der Waals surface area contributed by atoms with Gasteiger partial charge in [0.1, 0.15) is 0 Å². The van der Waals surface area contributed by atoms with Crippen LogP contribution in [-0.2, 0) is 8.85 Å². The van der Waals surface area contributed by atoms with Crippen molar-refractivity contribution in [2.24, 2.45) is 0 Å². The summed E-state index contributed by atoms with van der Waals surface area (Å²) >= 11 is 0. The molecule has 0 aromatic rings. The lowest BCUT2D eigenvalue weighted by Gasteiger charge is -1.82. The van der Waals surface area contributed by atoms with E-state index in [1.807, 2.05) is 0 Å². The van der Waals surface area contributed by atoms with E-state index in [2.05, 4.69) is 8.85 Å². The third-order valence-corrected chi connectivity index (χ3v) is 0.500. The van der Waals surface area contributed by atoms with Gasteiger partial charge in [0.05, 0.1) is 0 Å². The Bertz CT molecular complexity index is 15.1. The van der Waals surface area contributed by atoms with Crippen LogP contribution >= 0.6 is 0 Å². The third kappa shape index (κ3) is 4.14. The molecule has 5 heavy (non-hydrogen) atoms. The van der Waals surface area contributed by atoms with Crippen LogP contribution in [0, 0.1) is 0 Å². The summed E-state index contributed by atoms with van der Waals surface area (Å²) in [6.45, 7) is 0. The standard InChI is InChI=1S/C2H6O2Si/c1-3-5-4-2/h1-2H3. The van der Waals surface area contributed by atoms with Crippen LogP contribution in [0.3, 0.4) is 0 Å². The summed E-state index contributed by atoms with van der Waals surface area (Å²) in [6.07, 6.45) is 0. The molecule has 30 valence electrons. The van der Waals surface area contributed by atoms with Crippen molar-refractivity contribution in [3.8, 4) is 0 Å². The van der Waals surface area contributed by atoms with Crippen molar-refractivity contribution >= 4 is 10.0 Å². The molecule has 0 amide bonds. The van der Waals surface area contributed by atoms with Crippen LogP contribution in [0.15, 0.2) is 0 Å². The number of hydrogen-bond donors (Lipinski definition) is 0. The van der Waals surface area contributed by atoms with Gasteiger partial charge in [-0.3, -0.25) is 0 Å². The third-order valence-electron chi connectivity index (χ3n) is 0.167.